The van der Waals surface area contributed by atoms with E-state index in [1.807, 2.05) is 0 Å². The van der Waals surface area contributed by atoms with Crippen molar-refractivity contribution in [3.8, 4) is 11.5 Å². The van der Waals surface area contributed by atoms with Crippen molar-refractivity contribution in [2.24, 2.45) is 0 Å². The highest BCUT2D eigenvalue weighted by Gasteiger charge is 2.43. The van der Waals surface area contributed by atoms with E-state index >= 15 is 0 Å². The molecule has 7 heteroatoms. The Morgan fingerprint density at radius 2 is 2.00 bits per heavy atom. The van der Waals surface area contributed by atoms with Crippen LogP contribution < -0.4 is 14.8 Å². The van der Waals surface area contributed by atoms with Gasteiger partial charge in [-0.3, -0.25) is 4.79 Å². The summed E-state index contributed by atoms with van der Waals surface area (Å²) in [7, 11) is 0. The number of thioether (sulfide) groups is 1. The van der Waals surface area contributed by atoms with Crippen molar-refractivity contribution >= 4 is 23.6 Å². The number of rotatable bonds is 3. The number of carbonyl (C=O) groups excluding carboxylic acids is 1. The molecule has 0 radical (unpaired) electrons. The van der Waals surface area contributed by atoms with Crippen LogP contribution in [0.15, 0.2) is 18.2 Å². The van der Waals surface area contributed by atoms with E-state index in [0.717, 1.165) is 12.2 Å². The number of carbonyl (C=O) groups is 2. The van der Waals surface area contributed by atoms with Crippen molar-refractivity contribution in [2.75, 3.05) is 24.7 Å². The Hall–Kier alpha value is -1.89. The van der Waals surface area contributed by atoms with Crippen LogP contribution in [-0.4, -0.2) is 47.2 Å². The smallest absolute Gasteiger partial charge is 0.330 e. The molecule has 2 aliphatic heterocycles. The fourth-order valence-electron chi connectivity index (χ4n) is 2.48. The molecule has 1 amide bonds. The zero-order valence-electron chi connectivity index (χ0n) is 12.0. The van der Waals surface area contributed by atoms with Crippen molar-refractivity contribution in [1.29, 1.82) is 0 Å². The van der Waals surface area contributed by atoms with Crippen molar-refractivity contribution in [3.05, 3.63) is 23.8 Å². The van der Waals surface area contributed by atoms with E-state index < -0.39 is 17.4 Å². The van der Waals surface area contributed by atoms with E-state index in [1.54, 1.807) is 18.2 Å². The quantitative estimate of drug-likeness (QED) is 0.878. The molecule has 0 unspecified atom stereocenters. The summed E-state index contributed by atoms with van der Waals surface area (Å²) < 4.78 is 11.1. The second-order valence-electron chi connectivity index (χ2n) is 5.36. The monoisotopic (exact) mass is 323 g/mol. The molecule has 1 aromatic carbocycles. The van der Waals surface area contributed by atoms with Crippen LogP contribution in [0.3, 0.4) is 0 Å². The van der Waals surface area contributed by atoms with Crippen LogP contribution in [0, 0.1) is 0 Å². The summed E-state index contributed by atoms with van der Waals surface area (Å²) in [4.78, 5) is 23.9. The van der Waals surface area contributed by atoms with Crippen molar-refractivity contribution in [3.63, 3.8) is 0 Å². The molecule has 0 bridgehead atoms. The third-order valence-corrected chi connectivity index (χ3v) is 4.98. The van der Waals surface area contributed by atoms with Crippen LogP contribution in [0.2, 0.25) is 0 Å². The molecule has 118 valence electrons. The highest BCUT2D eigenvalue weighted by Crippen LogP contribution is 2.32. The van der Waals surface area contributed by atoms with Gasteiger partial charge in [0.25, 0.3) is 5.91 Å². The van der Waals surface area contributed by atoms with Crippen LogP contribution in [-0.2, 0) is 4.79 Å². The predicted octanol–water partition coefficient (Wildman–Crippen LogP) is 1.54. The van der Waals surface area contributed by atoms with Gasteiger partial charge in [-0.15, -0.1) is 0 Å². The molecular weight excluding hydrogens is 306 g/mol. The van der Waals surface area contributed by atoms with Gasteiger partial charge in [0.1, 0.15) is 5.54 Å². The van der Waals surface area contributed by atoms with Gasteiger partial charge in [0, 0.05) is 17.7 Å². The van der Waals surface area contributed by atoms with E-state index in [9.17, 15) is 14.7 Å². The third-order valence-electron chi connectivity index (χ3n) is 3.79. The second-order valence-corrected chi connectivity index (χ2v) is 6.46. The van der Waals surface area contributed by atoms with E-state index in [1.165, 1.54) is 11.8 Å². The molecule has 0 spiro atoms. The SMILES string of the molecule is O=C(N[C@@]1(C(=O)O)CCSC1)c1ccc2c(c1)OCCCO2. The molecule has 1 saturated heterocycles. The summed E-state index contributed by atoms with van der Waals surface area (Å²) in [5, 5.41) is 12.1. The number of benzene rings is 1. The second kappa shape index (κ2) is 6.08. The number of aliphatic carboxylic acids is 1. The Morgan fingerprint density at radius 3 is 2.68 bits per heavy atom. The number of ether oxygens (including phenoxy) is 2. The Balaban J connectivity index is 1.80. The van der Waals surface area contributed by atoms with Gasteiger partial charge in [0.2, 0.25) is 0 Å². The molecule has 1 fully saturated rings. The standard InChI is InChI=1S/C15H17NO5S/c17-13(16-15(14(18)19)4-7-22-9-15)10-2-3-11-12(8-10)21-6-1-5-20-11/h2-3,8H,1,4-7,9H2,(H,16,17)(H,18,19)/t15-/m0/s1. The van der Waals surface area contributed by atoms with Gasteiger partial charge < -0.3 is 19.9 Å². The van der Waals surface area contributed by atoms with E-state index in [4.69, 9.17) is 9.47 Å². The number of carboxylic acids is 1. The van der Waals surface area contributed by atoms with Gasteiger partial charge in [0.15, 0.2) is 11.5 Å². The molecule has 22 heavy (non-hydrogen) atoms. The zero-order valence-corrected chi connectivity index (χ0v) is 12.8. The highest BCUT2D eigenvalue weighted by atomic mass is 32.2. The lowest BCUT2D eigenvalue weighted by molar-refractivity contribution is -0.143. The average Bonchev–Trinajstić information content (AvgIpc) is 2.85. The van der Waals surface area contributed by atoms with E-state index in [0.29, 0.717) is 42.4 Å². The van der Waals surface area contributed by atoms with Crippen molar-refractivity contribution in [2.45, 2.75) is 18.4 Å². The average molecular weight is 323 g/mol. The van der Waals surface area contributed by atoms with E-state index in [-0.39, 0.29) is 0 Å². The fraction of sp³-hybridized carbons (Fsp3) is 0.467. The maximum absolute atomic E-state index is 12.4. The van der Waals surface area contributed by atoms with Gasteiger partial charge in [0.05, 0.1) is 13.2 Å². The fourth-order valence-corrected chi connectivity index (χ4v) is 3.81. The lowest BCUT2D eigenvalue weighted by Gasteiger charge is -2.24. The number of hydrogen-bond acceptors (Lipinski definition) is 5. The molecule has 2 heterocycles. The summed E-state index contributed by atoms with van der Waals surface area (Å²) in [6, 6.07) is 4.92. The normalized spacial score (nSPS) is 23.6. The minimum absolute atomic E-state index is 0.377. The summed E-state index contributed by atoms with van der Waals surface area (Å²) in [5.74, 6) is 0.862. The first-order valence-corrected chi connectivity index (χ1v) is 8.29. The highest BCUT2D eigenvalue weighted by molar-refractivity contribution is 7.99. The summed E-state index contributed by atoms with van der Waals surface area (Å²) in [5.41, 5.74) is -0.798. The van der Waals surface area contributed by atoms with Gasteiger partial charge in [-0.25, -0.2) is 4.79 Å². The van der Waals surface area contributed by atoms with Gasteiger partial charge in [-0.05, 0) is 30.4 Å². The number of carboxylic acid groups (broad SMARTS) is 1. The first-order valence-electron chi connectivity index (χ1n) is 7.14. The number of fused-ring (bicyclic) bond motifs is 1. The summed E-state index contributed by atoms with van der Waals surface area (Å²) in [6.45, 7) is 1.12. The van der Waals surface area contributed by atoms with Crippen molar-refractivity contribution < 1.29 is 24.2 Å². The Kier molecular flexibility index (Phi) is 4.15. The summed E-state index contributed by atoms with van der Waals surface area (Å²) in [6.07, 6.45) is 1.22. The largest absolute Gasteiger partial charge is 0.490 e. The Labute approximate surface area is 132 Å². The maximum atomic E-state index is 12.4. The number of amides is 1. The molecule has 1 atom stereocenters. The first-order chi connectivity index (χ1) is 10.6. The summed E-state index contributed by atoms with van der Waals surface area (Å²) >= 11 is 1.53. The lowest BCUT2D eigenvalue weighted by atomic mass is 9.98. The first kappa shape index (κ1) is 15.0. The number of nitrogens with one attached hydrogen (secondary N) is 1. The lowest BCUT2D eigenvalue weighted by Crippen LogP contribution is -2.54. The Morgan fingerprint density at radius 1 is 1.23 bits per heavy atom. The van der Waals surface area contributed by atoms with Gasteiger partial charge >= 0.3 is 5.97 Å². The van der Waals surface area contributed by atoms with Crippen LogP contribution in [0.4, 0.5) is 0 Å². The van der Waals surface area contributed by atoms with Gasteiger partial charge in [-0.2, -0.15) is 11.8 Å². The minimum Gasteiger partial charge on any atom is -0.490 e. The van der Waals surface area contributed by atoms with Crippen molar-refractivity contribution in [1.82, 2.24) is 5.32 Å². The van der Waals surface area contributed by atoms with Crippen LogP contribution in [0.1, 0.15) is 23.2 Å². The molecule has 1 aromatic rings. The van der Waals surface area contributed by atoms with Crippen LogP contribution in [0.5, 0.6) is 11.5 Å². The Bertz CT molecular complexity index is 598. The topological polar surface area (TPSA) is 84.9 Å². The molecule has 2 N–H and O–H groups in total. The molecule has 0 aliphatic carbocycles. The molecule has 2 aliphatic rings. The molecular formula is C15H17NO5S. The number of hydrogen-bond donors (Lipinski definition) is 2. The van der Waals surface area contributed by atoms with E-state index in [2.05, 4.69) is 5.32 Å². The zero-order chi connectivity index (χ0) is 15.6. The van der Waals surface area contributed by atoms with Crippen LogP contribution in [0.25, 0.3) is 0 Å². The predicted molar refractivity (Wildman–Crippen MR) is 81.8 cm³/mol. The maximum Gasteiger partial charge on any atom is 0.330 e. The molecule has 3 rings (SSSR count). The molecule has 6 nitrogen and oxygen atoms in total. The molecule has 0 saturated carbocycles. The molecule has 0 aromatic heterocycles. The van der Waals surface area contributed by atoms with Gasteiger partial charge in [-0.1, -0.05) is 0 Å². The van der Waals surface area contributed by atoms with Crippen LogP contribution >= 0.6 is 11.8 Å². The minimum atomic E-state index is -1.17. The third kappa shape index (κ3) is 2.85.